The van der Waals surface area contributed by atoms with E-state index < -0.39 is 17.8 Å². The molecule has 3 aromatic carbocycles. The molecule has 0 fully saturated rings. The molecule has 0 radical (unpaired) electrons. The number of carbonyl (C=O) groups excluding carboxylic acids is 1. The van der Waals surface area contributed by atoms with Gasteiger partial charge in [0.2, 0.25) is 0 Å². The number of carbonyl (C=O) groups is 1. The molecule has 0 spiro atoms. The molecule has 36 heavy (non-hydrogen) atoms. The molecule has 9 heteroatoms. The van der Waals surface area contributed by atoms with E-state index in [1.165, 1.54) is 12.1 Å². The summed E-state index contributed by atoms with van der Waals surface area (Å²) < 4.78 is 40.6. The highest BCUT2D eigenvalue weighted by molar-refractivity contribution is 6.00. The van der Waals surface area contributed by atoms with Crippen LogP contribution >= 0.6 is 0 Å². The van der Waals surface area contributed by atoms with Crippen molar-refractivity contribution in [2.45, 2.75) is 12.7 Å². The van der Waals surface area contributed by atoms with Crippen LogP contribution < -0.4 is 10.6 Å². The molecule has 180 valence electrons. The van der Waals surface area contributed by atoms with E-state index in [2.05, 4.69) is 20.7 Å². The van der Waals surface area contributed by atoms with E-state index in [0.717, 1.165) is 39.7 Å². The summed E-state index contributed by atoms with van der Waals surface area (Å²) in [5.74, 6) is 0. The lowest BCUT2D eigenvalue weighted by atomic mass is 10.0. The van der Waals surface area contributed by atoms with Crippen LogP contribution in [0.1, 0.15) is 11.1 Å². The van der Waals surface area contributed by atoms with Crippen LogP contribution in [0.2, 0.25) is 0 Å². The zero-order valence-electron chi connectivity index (χ0n) is 18.8. The summed E-state index contributed by atoms with van der Waals surface area (Å²) in [7, 11) is 0. The quantitative estimate of drug-likeness (QED) is 0.286. The minimum atomic E-state index is -4.49. The second-order valence-electron chi connectivity index (χ2n) is 8.14. The number of fused-ring (bicyclic) bond motifs is 1. The number of nitrogens with one attached hydrogen (secondary N) is 2. The lowest BCUT2D eigenvalue weighted by molar-refractivity contribution is -0.137. The number of benzene rings is 3. The fourth-order valence-electron chi connectivity index (χ4n) is 3.90. The first-order chi connectivity index (χ1) is 17.4. The van der Waals surface area contributed by atoms with E-state index in [4.69, 9.17) is 0 Å². The highest BCUT2D eigenvalue weighted by Crippen LogP contribution is 2.31. The van der Waals surface area contributed by atoms with E-state index in [1.54, 1.807) is 24.5 Å². The molecule has 0 bridgehead atoms. The average molecular weight is 487 g/mol. The van der Waals surface area contributed by atoms with E-state index in [1.807, 2.05) is 53.3 Å². The molecular formula is C27H20F3N5O. The van der Waals surface area contributed by atoms with Gasteiger partial charge >= 0.3 is 12.2 Å². The Morgan fingerprint density at radius 3 is 2.33 bits per heavy atom. The summed E-state index contributed by atoms with van der Waals surface area (Å²) in [6.07, 6.45) is 0.867. The predicted molar refractivity (Wildman–Crippen MR) is 133 cm³/mol. The van der Waals surface area contributed by atoms with Crippen molar-refractivity contribution in [3.63, 3.8) is 0 Å². The van der Waals surface area contributed by atoms with Crippen LogP contribution in [-0.2, 0) is 12.7 Å². The van der Waals surface area contributed by atoms with Gasteiger partial charge in [0, 0.05) is 28.5 Å². The lowest BCUT2D eigenvalue weighted by Gasteiger charge is -2.11. The van der Waals surface area contributed by atoms with Gasteiger partial charge in [0.25, 0.3) is 0 Å². The van der Waals surface area contributed by atoms with Crippen molar-refractivity contribution in [3.05, 3.63) is 109 Å². The second kappa shape index (κ2) is 9.53. The summed E-state index contributed by atoms with van der Waals surface area (Å²) in [6.45, 7) is 0.624. The zero-order valence-corrected chi connectivity index (χ0v) is 18.8. The number of aromatic nitrogens is 3. The van der Waals surface area contributed by atoms with Crippen LogP contribution in [-0.4, -0.2) is 20.8 Å². The van der Waals surface area contributed by atoms with Crippen LogP contribution in [0.5, 0.6) is 0 Å². The van der Waals surface area contributed by atoms with Crippen molar-refractivity contribution in [1.82, 2.24) is 14.8 Å². The lowest BCUT2D eigenvalue weighted by Crippen LogP contribution is -2.19. The Bertz CT molecular complexity index is 1510. The van der Waals surface area contributed by atoms with E-state index in [-0.39, 0.29) is 5.69 Å². The fourth-order valence-corrected chi connectivity index (χ4v) is 3.90. The first kappa shape index (κ1) is 23.1. The Morgan fingerprint density at radius 1 is 0.833 bits per heavy atom. The second-order valence-corrected chi connectivity index (χ2v) is 8.14. The van der Waals surface area contributed by atoms with Gasteiger partial charge in [0.1, 0.15) is 0 Å². The molecule has 0 atom stereocenters. The highest BCUT2D eigenvalue weighted by Gasteiger charge is 2.30. The van der Waals surface area contributed by atoms with Crippen molar-refractivity contribution in [2.75, 3.05) is 10.6 Å². The van der Waals surface area contributed by atoms with Gasteiger partial charge in [0.05, 0.1) is 30.0 Å². The van der Waals surface area contributed by atoms with Gasteiger partial charge in [0.15, 0.2) is 0 Å². The van der Waals surface area contributed by atoms with Gasteiger partial charge in [-0.3, -0.25) is 9.67 Å². The zero-order chi connectivity index (χ0) is 25.1. The molecule has 2 amide bonds. The Labute approximate surface area is 204 Å². The molecule has 0 aliphatic rings. The molecular weight excluding hydrogens is 467 g/mol. The number of amides is 2. The van der Waals surface area contributed by atoms with E-state index in [9.17, 15) is 18.0 Å². The van der Waals surface area contributed by atoms with Crippen molar-refractivity contribution in [3.8, 4) is 11.1 Å². The van der Waals surface area contributed by atoms with Crippen LogP contribution in [0.3, 0.4) is 0 Å². The first-order valence-electron chi connectivity index (χ1n) is 11.1. The summed E-state index contributed by atoms with van der Waals surface area (Å²) in [6, 6.07) is 21.0. The minimum Gasteiger partial charge on any atom is -0.308 e. The molecule has 6 nitrogen and oxygen atoms in total. The summed E-state index contributed by atoms with van der Waals surface area (Å²) in [4.78, 5) is 16.7. The highest BCUT2D eigenvalue weighted by atomic mass is 19.4. The topological polar surface area (TPSA) is 71.8 Å². The van der Waals surface area contributed by atoms with Gasteiger partial charge in [-0.05, 0) is 41.5 Å². The molecule has 5 aromatic rings. The van der Waals surface area contributed by atoms with Gasteiger partial charge in [-0.25, -0.2) is 4.79 Å². The number of halogens is 3. The molecule has 0 saturated heterocycles. The number of anilines is 2. The normalized spacial score (nSPS) is 11.4. The first-order valence-corrected chi connectivity index (χ1v) is 11.1. The van der Waals surface area contributed by atoms with Gasteiger partial charge in [-0.15, -0.1) is 0 Å². The third-order valence-electron chi connectivity index (χ3n) is 5.65. The molecule has 0 aliphatic heterocycles. The molecule has 2 heterocycles. The van der Waals surface area contributed by atoms with Gasteiger partial charge in [-0.1, -0.05) is 48.5 Å². The molecule has 2 aromatic heterocycles. The molecule has 5 rings (SSSR count). The third kappa shape index (κ3) is 5.05. The summed E-state index contributed by atoms with van der Waals surface area (Å²) in [5.41, 5.74) is 3.51. The number of hydrogen-bond donors (Lipinski definition) is 2. The van der Waals surface area contributed by atoms with E-state index in [0.29, 0.717) is 12.2 Å². The van der Waals surface area contributed by atoms with Gasteiger partial charge < -0.3 is 10.6 Å². The molecule has 0 unspecified atom stereocenters. The van der Waals surface area contributed by atoms with Crippen molar-refractivity contribution in [2.24, 2.45) is 0 Å². The number of alkyl halides is 3. The third-order valence-corrected chi connectivity index (χ3v) is 5.65. The largest absolute Gasteiger partial charge is 0.416 e. The number of urea groups is 1. The van der Waals surface area contributed by atoms with Crippen LogP contribution in [0, 0.1) is 0 Å². The minimum absolute atomic E-state index is 0.0456. The van der Waals surface area contributed by atoms with Crippen molar-refractivity contribution in [1.29, 1.82) is 0 Å². The monoisotopic (exact) mass is 487 g/mol. The van der Waals surface area contributed by atoms with Crippen LogP contribution in [0.15, 0.2) is 97.5 Å². The number of nitrogens with zero attached hydrogens (tertiary/aromatic N) is 3. The van der Waals surface area contributed by atoms with E-state index >= 15 is 0 Å². The maximum atomic E-state index is 12.9. The van der Waals surface area contributed by atoms with Crippen molar-refractivity contribution >= 4 is 28.3 Å². The van der Waals surface area contributed by atoms with Crippen LogP contribution in [0.4, 0.5) is 29.3 Å². The van der Waals surface area contributed by atoms with Gasteiger partial charge in [-0.2, -0.15) is 18.3 Å². The maximum Gasteiger partial charge on any atom is 0.416 e. The molecule has 2 N–H and O–H groups in total. The Balaban J connectivity index is 1.30. The summed E-state index contributed by atoms with van der Waals surface area (Å²) in [5, 5.41) is 10.5. The maximum absolute atomic E-state index is 12.9. The average Bonchev–Trinajstić information content (AvgIpc) is 3.28. The van der Waals surface area contributed by atoms with Crippen LogP contribution in [0.25, 0.3) is 22.0 Å². The summed E-state index contributed by atoms with van der Waals surface area (Å²) >= 11 is 0. The number of hydrogen-bond acceptors (Lipinski definition) is 3. The smallest absolute Gasteiger partial charge is 0.308 e. The Morgan fingerprint density at radius 2 is 1.58 bits per heavy atom. The van der Waals surface area contributed by atoms with Crippen molar-refractivity contribution < 1.29 is 18.0 Å². The standard InChI is InChI=1S/C27H20F3N5O/c28-27(29,30)20-7-4-8-22(13-20)34-26(36)33-21-11-9-19(10-12-21)23-14-31-16-25-24(23)15-32-35(25)17-18-5-2-1-3-6-18/h1-16H,17H2,(H2,33,34,36). The predicted octanol–water partition coefficient (Wildman–Crippen LogP) is 6.81. The molecule has 0 saturated carbocycles. The SMILES string of the molecule is O=C(Nc1ccc(-c2cncc3c2cnn3Cc2ccccc2)cc1)Nc1cccc(C(F)(F)F)c1. The Kier molecular flexibility index (Phi) is 6.12. The Hall–Kier alpha value is -4.66. The fraction of sp³-hybridized carbons (Fsp3) is 0.0741. The number of pyridine rings is 1. The number of rotatable bonds is 5. The molecule has 0 aliphatic carbocycles.